The van der Waals surface area contributed by atoms with Crippen molar-refractivity contribution in [2.75, 3.05) is 13.2 Å². The molecule has 0 aliphatic heterocycles. The zero-order valence-electron chi connectivity index (χ0n) is 14.5. The first-order valence-electron chi connectivity index (χ1n) is 8.28. The SMILES string of the molecule is CC(C)(C)CCCCCCCCCOCC(C)(C)C. The van der Waals surface area contributed by atoms with Gasteiger partial charge in [-0.1, -0.05) is 80.1 Å². The van der Waals surface area contributed by atoms with E-state index in [1.807, 2.05) is 0 Å². The highest BCUT2D eigenvalue weighted by atomic mass is 16.5. The molecule has 0 saturated carbocycles. The van der Waals surface area contributed by atoms with Crippen molar-refractivity contribution >= 4 is 0 Å². The van der Waals surface area contributed by atoms with E-state index >= 15 is 0 Å². The van der Waals surface area contributed by atoms with Crippen molar-refractivity contribution in [1.82, 2.24) is 0 Å². The van der Waals surface area contributed by atoms with Gasteiger partial charge < -0.3 is 4.74 Å². The second-order valence-corrected chi connectivity index (χ2v) is 8.40. The third-order valence-electron chi connectivity index (χ3n) is 3.25. The Labute approximate surface area is 122 Å². The summed E-state index contributed by atoms with van der Waals surface area (Å²) in [5.41, 5.74) is 0.831. The first-order valence-corrected chi connectivity index (χ1v) is 8.28. The predicted molar refractivity (Wildman–Crippen MR) is 86.7 cm³/mol. The van der Waals surface area contributed by atoms with Crippen LogP contribution in [0.3, 0.4) is 0 Å². The fraction of sp³-hybridized carbons (Fsp3) is 1.00. The number of hydrogen-bond donors (Lipinski definition) is 0. The molecule has 0 aromatic carbocycles. The first-order chi connectivity index (χ1) is 8.71. The van der Waals surface area contributed by atoms with E-state index in [4.69, 9.17) is 4.74 Å². The first kappa shape index (κ1) is 19.0. The van der Waals surface area contributed by atoms with Crippen molar-refractivity contribution in [3.63, 3.8) is 0 Å². The molecule has 1 nitrogen and oxygen atoms in total. The van der Waals surface area contributed by atoms with Crippen LogP contribution in [0.15, 0.2) is 0 Å². The van der Waals surface area contributed by atoms with Crippen molar-refractivity contribution in [2.24, 2.45) is 10.8 Å². The maximum atomic E-state index is 5.68. The molecule has 0 aromatic heterocycles. The van der Waals surface area contributed by atoms with Gasteiger partial charge in [-0.3, -0.25) is 0 Å². The van der Waals surface area contributed by atoms with Gasteiger partial charge in [0.1, 0.15) is 0 Å². The van der Waals surface area contributed by atoms with Crippen molar-refractivity contribution < 1.29 is 4.74 Å². The third kappa shape index (κ3) is 18.0. The monoisotopic (exact) mass is 270 g/mol. The van der Waals surface area contributed by atoms with Crippen LogP contribution in [0.4, 0.5) is 0 Å². The number of hydrogen-bond acceptors (Lipinski definition) is 1. The average molecular weight is 271 g/mol. The largest absolute Gasteiger partial charge is 0.381 e. The molecule has 0 unspecified atom stereocenters. The van der Waals surface area contributed by atoms with Gasteiger partial charge in [0.2, 0.25) is 0 Å². The standard InChI is InChI=1S/C18H38O/c1-17(2,3)14-12-10-8-7-9-11-13-15-19-16-18(4,5)6/h7-16H2,1-6H3. The van der Waals surface area contributed by atoms with Gasteiger partial charge in [-0.15, -0.1) is 0 Å². The minimum Gasteiger partial charge on any atom is -0.381 e. The Kier molecular flexibility index (Phi) is 9.78. The Bertz CT molecular complexity index is 173. The Morgan fingerprint density at radius 1 is 0.579 bits per heavy atom. The molecule has 0 radical (unpaired) electrons. The maximum absolute atomic E-state index is 5.68. The quantitative estimate of drug-likeness (QED) is 0.428. The third-order valence-corrected chi connectivity index (χ3v) is 3.25. The van der Waals surface area contributed by atoms with Crippen molar-refractivity contribution in [3.05, 3.63) is 0 Å². The molecule has 0 aromatic rings. The molecule has 0 aliphatic rings. The van der Waals surface area contributed by atoms with Gasteiger partial charge in [-0.25, -0.2) is 0 Å². The van der Waals surface area contributed by atoms with Crippen LogP contribution in [0.25, 0.3) is 0 Å². The van der Waals surface area contributed by atoms with Crippen molar-refractivity contribution in [2.45, 2.75) is 92.9 Å². The fourth-order valence-corrected chi connectivity index (χ4v) is 2.12. The molecule has 0 aliphatic carbocycles. The fourth-order valence-electron chi connectivity index (χ4n) is 2.12. The van der Waals surface area contributed by atoms with Crippen LogP contribution >= 0.6 is 0 Å². The maximum Gasteiger partial charge on any atom is 0.0514 e. The van der Waals surface area contributed by atoms with Gasteiger partial charge in [0.15, 0.2) is 0 Å². The van der Waals surface area contributed by atoms with E-state index < -0.39 is 0 Å². The Morgan fingerprint density at radius 3 is 1.53 bits per heavy atom. The van der Waals surface area contributed by atoms with Gasteiger partial charge in [0.25, 0.3) is 0 Å². The summed E-state index contributed by atoms with van der Waals surface area (Å²) in [7, 11) is 0. The molecule has 0 saturated heterocycles. The van der Waals surface area contributed by atoms with E-state index in [2.05, 4.69) is 41.5 Å². The highest BCUT2D eigenvalue weighted by Crippen LogP contribution is 2.22. The Morgan fingerprint density at radius 2 is 1.05 bits per heavy atom. The smallest absolute Gasteiger partial charge is 0.0514 e. The Balaban J connectivity index is 3.12. The lowest BCUT2D eigenvalue weighted by Gasteiger charge is -2.18. The molecule has 1 heteroatoms. The number of rotatable bonds is 10. The lowest BCUT2D eigenvalue weighted by Crippen LogP contribution is -2.14. The zero-order chi connectivity index (χ0) is 14.8. The van der Waals surface area contributed by atoms with Gasteiger partial charge >= 0.3 is 0 Å². The lowest BCUT2D eigenvalue weighted by molar-refractivity contribution is 0.0686. The van der Waals surface area contributed by atoms with Crippen LogP contribution < -0.4 is 0 Å². The molecule has 0 rings (SSSR count). The number of unbranched alkanes of at least 4 members (excludes halogenated alkanes) is 6. The van der Waals surface area contributed by atoms with Crippen LogP contribution in [0, 0.1) is 10.8 Å². The normalized spacial score (nSPS) is 12.9. The van der Waals surface area contributed by atoms with Crippen LogP contribution in [0.2, 0.25) is 0 Å². The van der Waals surface area contributed by atoms with E-state index in [9.17, 15) is 0 Å². The van der Waals surface area contributed by atoms with Crippen molar-refractivity contribution in [3.8, 4) is 0 Å². The van der Waals surface area contributed by atoms with Gasteiger partial charge in [-0.2, -0.15) is 0 Å². The van der Waals surface area contributed by atoms with Gasteiger partial charge in [0.05, 0.1) is 6.61 Å². The molecule has 0 N–H and O–H groups in total. The molecule has 0 spiro atoms. The van der Waals surface area contributed by atoms with Crippen LogP contribution in [0.1, 0.15) is 92.9 Å². The van der Waals surface area contributed by atoms with E-state index in [0.29, 0.717) is 10.8 Å². The van der Waals surface area contributed by atoms with Crippen molar-refractivity contribution in [1.29, 1.82) is 0 Å². The molecular formula is C18H38O. The molecule has 0 bridgehead atoms. The second kappa shape index (κ2) is 9.80. The average Bonchev–Trinajstić information content (AvgIpc) is 2.22. The topological polar surface area (TPSA) is 9.23 Å². The van der Waals surface area contributed by atoms with Crippen LogP contribution in [-0.4, -0.2) is 13.2 Å². The molecule has 0 fully saturated rings. The van der Waals surface area contributed by atoms with E-state index in [0.717, 1.165) is 13.2 Å². The van der Waals surface area contributed by atoms with E-state index in [1.54, 1.807) is 0 Å². The minimum atomic E-state index is 0.313. The lowest BCUT2D eigenvalue weighted by atomic mass is 9.89. The van der Waals surface area contributed by atoms with Gasteiger partial charge in [-0.05, 0) is 23.7 Å². The number of ether oxygens (including phenoxy) is 1. The van der Waals surface area contributed by atoms with E-state index in [1.165, 1.54) is 51.4 Å². The summed E-state index contributed by atoms with van der Waals surface area (Å²) in [6, 6.07) is 0. The van der Waals surface area contributed by atoms with E-state index in [-0.39, 0.29) is 0 Å². The molecule has 116 valence electrons. The molecular weight excluding hydrogens is 232 g/mol. The molecule has 0 atom stereocenters. The Hall–Kier alpha value is -0.0400. The second-order valence-electron chi connectivity index (χ2n) is 8.40. The van der Waals surface area contributed by atoms with Crippen LogP contribution in [0.5, 0.6) is 0 Å². The predicted octanol–water partition coefficient (Wildman–Crippen LogP) is 6.22. The van der Waals surface area contributed by atoms with Gasteiger partial charge in [0, 0.05) is 6.61 Å². The zero-order valence-corrected chi connectivity index (χ0v) is 14.5. The summed E-state index contributed by atoms with van der Waals surface area (Å²) < 4.78 is 5.68. The summed E-state index contributed by atoms with van der Waals surface area (Å²) in [5.74, 6) is 0. The highest BCUT2D eigenvalue weighted by Gasteiger charge is 2.09. The summed E-state index contributed by atoms with van der Waals surface area (Å²) >= 11 is 0. The molecule has 19 heavy (non-hydrogen) atoms. The summed E-state index contributed by atoms with van der Waals surface area (Å²) in [4.78, 5) is 0. The van der Waals surface area contributed by atoms with Crippen LogP contribution in [-0.2, 0) is 4.74 Å². The minimum absolute atomic E-state index is 0.313. The molecule has 0 heterocycles. The highest BCUT2D eigenvalue weighted by molar-refractivity contribution is 4.61. The summed E-state index contributed by atoms with van der Waals surface area (Å²) in [6.45, 7) is 15.5. The summed E-state index contributed by atoms with van der Waals surface area (Å²) in [6.07, 6.45) is 11.0. The molecule has 0 amide bonds. The summed E-state index contributed by atoms with van der Waals surface area (Å²) in [5, 5.41) is 0.